The smallest absolute Gasteiger partial charge is 0.203 e. The van der Waals surface area contributed by atoms with Crippen molar-refractivity contribution in [2.75, 3.05) is 21.3 Å². The standard InChI is InChI=1S/C16H26N2O3.2ClH/c1-19-13-8-11(9-14(20-2)15(13)21-3)10-16(18)6-4-12(17)5-7-16;;/h8-9,12H,4-7,10,17-18H2,1-3H3;2*1H. The number of benzene rings is 1. The fourth-order valence-electron chi connectivity index (χ4n) is 3.04. The Bertz CT molecular complexity index is 467. The van der Waals surface area contributed by atoms with E-state index >= 15 is 0 Å². The van der Waals surface area contributed by atoms with Crippen molar-refractivity contribution in [2.45, 2.75) is 43.7 Å². The Morgan fingerprint density at radius 1 is 1.00 bits per heavy atom. The van der Waals surface area contributed by atoms with Gasteiger partial charge in [-0.1, -0.05) is 0 Å². The van der Waals surface area contributed by atoms with Crippen molar-refractivity contribution >= 4 is 24.8 Å². The van der Waals surface area contributed by atoms with E-state index in [-0.39, 0.29) is 30.4 Å². The average Bonchev–Trinajstić information content (AvgIpc) is 2.49. The molecule has 0 heterocycles. The van der Waals surface area contributed by atoms with Crippen LogP contribution in [0.5, 0.6) is 17.2 Å². The van der Waals surface area contributed by atoms with Gasteiger partial charge in [0.2, 0.25) is 5.75 Å². The third-order valence-electron chi connectivity index (χ3n) is 4.31. The monoisotopic (exact) mass is 366 g/mol. The molecule has 23 heavy (non-hydrogen) atoms. The van der Waals surface area contributed by atoms with Crippen LogP contribution in [0.15, 0.2) is 12.1 Å². The minimum absolute atomic E-state index is 0. The molecular weight excluding hydrogens is 339 g/mol. The molecule has 5 nitrogen and oxygen atoms in total. The molecule has 0 unspecified atom stereocenters. The predicted octanol–water partition coefficient (Wildman–Crippen LogP) is 2.70. The van der Waals surface area contributed by atoms with Crippen LogP contribution in [0.4, 0.5) is 0 Å². The van der Waals surface area contributed by atoms with Crippen LogP contribution in [0.1, 0.15) is 31.2 Å². The molecule has 134 valence electrons. The molecule has 1 saturated carbocycles. The summed E-state index contributed by atoms with van der Waals surface area (Å²) < 4.78 is 16.1. The van der Waals surface area contributed by atoms with E-state index in [0.29, 0.717) is 23.3 Å². The summed E-state index contributed by atoms with van der Waals surface area (Å²) in [7, 11) is 4.85. The highest BCUT2D eigenvalue weighted by molar-refractivity contribution is 5.85. The predicted molar refractivity (Wildman–Crippen MR) is 97.7 cm³/mol. The molecule has 1 aromatic carbocycles. The van der Waals surface area contributed by atoms with Crippen LogP contribution in [-0.4, -0.2) is 32.9 Å². The molecule has 1 aliphatic rings. The summed E-state index contributed by atoms with van der Waals surface area (Å²) in [5.41, 5.74) is 13.4. The summed E-state index contributed by atoms with van der Waals surface area (Å²) >= 11 is 0. The highest BCUT2D eigenvalue weighted by atomic mass is 35.5. The molecule has 0 spiro atoms. The van der Waals surface area contributed by atoms with E-state index in [1.165, 1.54) is 0 Å². The van der Waals surface area contributed by atoms with Gasteiger partial charge in [-0.2, -0.15) is 0 Å². The maximum atomic E-state index is 6.54. The number of nitrogens with two attached hydrogens (primary N) is 2. The Labute approximate surface area is 150 Å². The van der Waals surface area contributed by atoms with Crippen LogP contribution in [0, 0.1) is 0 Å². The van der Waals surface area contributed by atoms with Crippen molar-refractivity contribution in [2.24, 2.45) is 11.5 Å². The Morgan fingerprint density at radius 3 is 1.87 bits per heavy atom. The lowest BCUT2D eigenvalue weighted by Crippen LogP contribution is -2.47. The van der Waals surface area contributed by atoms with Gasteiger partial charge in [-0.15, -0.1) is 24.8 Å². The summed E-state index contributed by atoms with van der Waals surface area (Å²) in [6, 6.07) is 4.25. The van der Waals surface area contributed by atoms with Crippen LogP contribution < -0.4 is 25.7 Å². The van der Waals surface area contributed by atoms with Gasteiger partial charge in [0.15, 0.2) is 11.5 Å². The molecule has 1 aromatic rings. The maximum absolute atomic E-state index is 6.54. The molecule has 0 bridgehead atoms. The van der Waals surface area contributed by atoms with E-state index in [2.05, 4.69) is 0 Å². The SMILES string of the molecule is COc1cc(CC2(N)CCC(N)CC2)cc(OC)c1OC.Cl.Cl. The van der Waals surface area contributed by atoms with Crippen molar-refractivity contribution in [3.63, 3.8) is 0 Å². The average molecular weight is 367 g/mol. The third-order valence-corrected chi connectivity index (χ3v) is 4.31. The van der Waals surface area contributed by atoms with Gasteiger partial charge in [0.05, 0.1) is 21.3 Å². The lowest BCUT2D eigenvalue weighted by atomic mass is 9.76. The lowest BCUT2D eigenvalue weighted by molar-refractivity contribution is 0.270. The van der Waals surface area contributed by atoms with Crippen molar-refractivity contribution in [1.82, 2.24) is 0 Å². The maximum Gasteiger partial charge on any atom is 0.203 e. The minimum atomic E-state index is -0.194. The van der Waals surface area contributed by atoms with Crippen molar-refractivity contribution < 1.29 is 14.2 Å². The summed E-state index contributed by atoms with van der Waals surface area (Å²) in [6.45, 7) is 0. The van der Waals surface area contributed by atoms with Gasteiger partial charge in [0.25, 0.3) is 0 Å². The fraction of sp³-hybridized carbons (Fsp3) is 0.625. The van der Waals surface area contributed by atoms with Gasteiger partial charge >= 0.3 is 0 Å². The molecule has 0 saturated heterocycles. The molecular formula is C16H28Cl2N2O3. The van der Waals surface area contributed by atoms with Crippen molar-refractivity contribution in [3.8, 4) is 17.2 Å². The molecule has 0 aliphatic heterocycles. The Morgan fingerprint density at radius 2 is 1.48 bits per heavy atom. The Kier molecular flexibility index (Phi) is 9.06. The van der Waals surface area contributed by atoms with Gasteiger partial charge < -0.3 is 25.7 Å². The lowest BCUT2D eigenvalue weighted by Gasteiger charge is -2.36. The zero-order valence-electron chi connectivity index (χ0n) is 14.0. The van der Waals surface area contributed by atoms with Crippen LogP contribution in [-0.2, 0) is 6.42 Å². The molecule has 1 aliphatic carbocycles. The summed E-state index contributed by atoms with van der Waals surface area (Å²) in [6.07, 6.45) is 4.66. The van der Waals surface area contributed by atoms with E-state index in [9.17, 15) is 0 Å². The van der Waals surface area contributed by atoms with Crippen LogP contribution in [0.3, 0.4) is 0 Å². The topological polar surface area (TPSA) is 79.7 Å². The quantitative estimate of drug-likeness (QED) is 0.837. The molecule has 0 atom stereocenters. The normalized spacial score (nSPS) is 23.3. The van der Waals surface area contributed by atoms with Crippen LogP contribution in [0.25, 0.3) is 0 Å². The van der Waals surface area contributed by atoms with E-state index in [0.717, 1.165) is 37.7 Å². The zero-order valence-corrected chi connectivity index (χ0v) is 15.6. The largest absolute Gasteiger partial charge is 0.493 e. The van der Waals surface area contributed by atoms with Crippen molar-refractivity contribution in [3.05, 3.63) is 17.7 Å². The first-order valence-corrected chi connectivity index (χ1v) is 7.34. The van der Waals surface area contributed by atoms with E-state index in [1.54, 1.807) is 21.3 Å². The first-order valence-electron chi connectivity index (χ1n) is 7.34. The highest BCUT2D eigenvalue weighted by Crippen LogP contribution is 2.39. The molecule has 4 N–H and O–H groups in total. The first-order chi connectivity index (χ1) is 10.0. The van der Waals surface area contributed by atoms with Gasteiger partial charge in [-0.25, -0.2) is 0 Å². The molecule has 0 radical (unpaired) electrons. The molecule has 7 heteroatoms. The number of hydrogen-bond acceptors (Lipinski definition) is 5. The van der Waals surface area contributed by atoms with Gasteiger partial charge in [0.1, 0.15) is 0 Å². The number of hydrogen-bond donors (Lipinski definition) is 2. The number of halogens is 2. The number of methoxy groups -OCH3 is 3. The van der Waals surface area contributed by atoms with Gasteiger partial charge in [-0.3, -0.25) is 0 Å². The second-order valence-electron chi connectivity index (χ2n) is 5.91. The summed E-state index contributed by atoms with van der Waals surface area (Å²) in [5.74, 6) is 1.95. The second-order valence-corrected chi connectivity index (χ2v) is 5.91. The van der Waals surface area contributed by atoms with Gasteiger partial charge in [0, 0.05) is 11.6 Å². The van der Waals surface area contributed by atoms with Gasteiger partial charge in [-0.05, 0) is 49.8 Å². The highest BCUT2D eigenvalue weighted by Gasteiger charge is 2.31. The zero-order chi connectivity index (χ0) is 15.5. The first kappa shape index (κ1) is 22.1. The van der Waals surface area contributed by atoms with Crippen LogP contribution >= 0.6 is 24.8 Å². The molecule has 0 aromatic heterocycles. The Balaban J connectivity index is 0.00000242. The molecule has 0 amide bonds. The van der Waals surface area contributed by atoms with E-state index in [1.807, 2.05) is 12.1 Å². The number of ether oxygens (including phenoxy) is 3. The van der Waals surface area contributed by atoms with E-state index < -0.39 is 0 Å². The Hall–Kier alpha value is -0.880. The second kappa shape index (κ2) is 9.42. The fourth-order valence-corrected chi connectivity index (χ4v) is 3.04. The minimum Gasteiger partial charge on any atom is -0.493 e. The third kappa shape index (κ3) is 5.31. The summed E-state index contributed by atoms with van der Waals surface area (Å²) in [5, 5.41) is 0. The summed E-state index contributed by atoms with van der Waals surface area (Å²) in [4.78, 5) is 0. The molecule has 2 rings (SSSR count). The number of rotatable bonds is 5. The molecule has 1 fully saturated rings. The van der Waals surface area contributed by atoms with E-state index in [4.69, 9.17) is 25.7 Å². The van der Waals surface area contributed by atoms with Crippen molar-refractivity contribution in [1.29, 1.82) is 0 Å². The van der Waals surface area contributed by atoms with Crippen LogP contribution in [0.2, 0.25) is 0 Å².